The largest absolute Gasteiger partial charge is 0.338 e. The van der Waals surface area contributed by atoms with Crippen LogP contribution in [-0.4, -0.2) is 14.6 Å². The molecule has 0 radical (unpaired) electrons. The van der Waals surface area contributed by atoms with Crippen LogP contribution < -0.4 is 5.32 Å². The molecule has 2 aromatic heterocycles. The van der Waals surface area contributed by atoms with E-state index in [1.165, 1.54) is 0 Å². The summed E-state index contributed by atoms with van der Waals surface area (Å²) in [5, 5.41) is 7.67. The number of hydrogen-bond acceptors (Lipinski definition) is 3. The Balaban J connectivity index is 2.00. The molecule has 0 atom stereocenters. The normalized spacial score (nSPS) is 10.8. The van der Waals surface area contributed by atoms with Crippen molar-refractivity contribution in [2.45, 2.75) is 12.8 Å². The third-order valence-electron chi connectivity index (χ3n) is 2.86. The van der Waals surface area contributed by atoms with Gasteiger partial charge in [-0.15, -0.1) is 11.6 Å². The van der Waals surface area contributed by atoms with Crippen LogP contribution in [0.4, 0.5) is 11.5 Å². The highest BCUT2D eigenvalue weighted by Gasteiger charge is 2.05. The van der Waals surface area contributed by atoms with Crippen LogP contribution >= 0.6 is 11.6 Å². The summed E-state index contributed by atoms with van der Waals surface area (Å²) in [7, 11) is 0. The van der Waals surface area contributed by atoms with Crippen molar-refractivity contribution in [3.63, 3.8) is 0 Å². The summed E-state index contributed by atoms with van der Waals surface area (Å²) < 4.78 is 1.82. The van der Waals surface area contributed by atoms with Crippen molar-refractivity contribution in [1.29, 1.82) is 0 Å². The molecule has 0 aliphatic carbocycles. The molecule has 1 N–H and O–H groups in total. The second-order valence-electron chi connectivity index (χ2n) is 4.35. The molecule has 5 heteroatoms. The van der Waals surface area contributed by atoms with Gasteiger partial charge in [0.2, 0.25) is 0 Å². The first-order valence-electron chi connectivity index (χ1n) is 5.99. The highest BCUT2D eigenvalue weighted by molar-refractivity contribution is 6.17. The van der Waals surface area contributed by atoms with Gasteiger partial charge in [0.15, 0.2) is 5.82 Å². The number of anilines is 2. The Morgan fingerprint density at radius 3 is 3.05 bits per heavy atom. The van der Waals surface area contributed by atoms with E-state index in [0.29, 0.717) is 5.88 Å². The second kappa shape index (κ2) is 4.90. The van der Waals surface area contributed by atoms with E-state index in [0.717, 1.165) is 28.3 Å². The first kappa shape index (κ1) is 12.0. The number of aromatic nitrogens is 3. The Morgan fingerprint density at radius 2 is 2.21 bits per heavy atom. The monoisotopic (exact) mass is 272 g/mol. The molecule has 3 aromatic rings. The summed E-state index contributed by atoms with van der Waals surface area (Å²) in [6.07, 6.45) is 3.57. The number of halogens is 1. The molecular formula is C14H13ClN4. The first-order chi connectivity index (χ1) is 9.26. The maximum Gasteiger partial charge on any atom is 0.156 e. The van der Waals surface area contributed by atoms with Gasteiger partial charge in [0.1, 0.15) is 5.52 Å². The lowest BCUT2D eigenvalue weighted by molar-refractivity contribution is 0.924. The van der Waals surface area contributed by atoms with E-state index < -0.39 is 0 Å². The fraction of sp³-hybridized carbons (Fsp3) is 0.143. The molecule has 0 saturated carbocycles. The molecule has 0 aliphatic rings. The van der Waals surface area contributed by atoms with Crippen molar-refractivity contribution in [3.05, 3.63) is 54.0 Å². The van der Waals surface area contributed by atoms with Crippen LogP contribution in [0.1, 0.15) is 11.3 Å². The Hall–Kier alpha value is -2.07. The number of benzene rings is 1. The lowest BCUT2D eigenvalue weighted by Crippen LogP contribution is -1.98. The predicted molar refractivity (Wildman–Crippen MR) is 77.0 cm³/mol. The zero-order chi connectivity index (χ0) is 13.2. The number of fused-ring (bicyclic) bond motifs is 1. The van der Waals surface area contributed by atoms with Crippen LogP contribution in [0.15, 0.2) is 42.7 Å². The summed E-state index contributed by atoms with van der Waals surface area (Å²) >= 11 is 5.84. The SMILES string of the molecule is Cc1cc2c(Nc3cccc(CCl)c3)nccn2n1. The van der Waals surface area contributed by atoms with E-state index in [1.54, 1.807) is 6.20 Å². The predicted octanol–water partition coefficient (Wildman–Crippen LogP) is 3.52. The number of aryl methyl sites for hydroxylation is 1. The molecule has 19 heavy (non-hydrogen) atoms. The molecule has 1 aromatic carbocycles. The number of alkyl halides is 1. The first-order valence-corrected chi connectivity index (χ1v) is 6.52. The van der Waals surface area contributed by atoms with Gasteiger partial charge in [-0.05, 0) is 30.7 Å². The lowest BCUT2D eigenvalue weighted by atomic mass is 10.2. The van der Waals surface area contributed by atoms with Crippen LogP contribution in [0.3, 0.4) is 0 Å². The van der Waals surface area contributed by atoms with Gasteiger partial charge in [0, 0.05) is 24.0 Å². The summed E-state index contributed by atoms with van der Waals surface area (Å²) in [6.45, 7) is 1.96. The molecule has 0 fully saturated rings. The molecule has 4 nitrogen and oxygen atoms in total. The molecule has 96 valence electrons. The minimum atomic E-state index is 0.499. The van der Waals surface area contributed by atoms with Gasteiger partial charge >= 0.3 is 0 Å². The van der Waals surface area contributed by atoms with E-state index in [1.807, 2.05) is 48.0 Å². The van der Waals surface area contributed by atoms with Crippen molar-refractivity contribution in [3.8, 4) is 0 Å². The molecule has 2 heterocycles. The standard InChI is InChI=1S/C14H13ClN4/c1-10-7-13-14(16-5-6-19(13)18-10)17-12-4-2-3-11(8-12)9-15/h2-8H,9H2,1H3,(H,16,17). The van der Waals surface area contributed by atoms with Gasteiger partial charge in [-0.1, -0.05) is 12.1 Å². The van der Waals surface area contributed by atoms with Gasteiger partial charge in [-0.2, -0.15) is 5.10 Å². The van der Waals surface area contributed by atoms with Crippen molar-refractivity contribution in [2.75, 3.05) is 5.32 Å². The number of rotatable bonds is 3. The zero-order valence-corrected chi connectivity index (χ0v) is 11.2. The van der Waals surface area contributed by atoms with E-state index >= 15 is 0 Å². The zero-order valence-electron chi connectivity index (χ0n) is 10.5. The van der Waals surface area contributed by atoms with Crippen molar-refractivity contribution < 1.29 is 0 Å². The Bertz CT molecular complexity index is 720. The summed E-state index contributed by atoms with van der Waals surface area (Å²) in [4.78, 5) is 4.37. The highest BCUT2D eigenvalue weighted by Crippen LogP contribution is 2.21. The van der Waals surface area contributed by atoms with E-state index in [2.05, 4.69) is 15.4 Å². The van der Waals surface area contributed by atoms with E-state index in [4.69, 9.17) is 11.6 Å². The molecule has 0 bridgehead atoms. The maximum atomic E-state index is 5.84. The van der Waals surface area contributed by atoms with Crippen molar-refractivity contribution in [1.82, 2.24) is 14.6 Å². The summed E-state index contributed by atoms with van der Waals surface area (Å²) in [6, 6.07) is 9.98. The molecule has 0 spiro atoms. The molecule has 3 rings (SSSR count). The highest BCUT2D eigenvalue weighted by atomic mass is 35.5. The molecule has 0 amide bonds. The van der Waals surface area contributed by atoms with Crippen molar-refractivity contribution in [2.24, 2.45) is 0 Å². The molecular weight excluding hydrogens is 260 g/mol. The summed E-state index contributed by atoms with van der Waals surface area (Å²) in [5.74, 6) is 1.29. The fourth-order valence-electron chi connectivity index (χ4n) is 2.01. The number of hydrogen-bond donors (Lipinski definition) is 1. The van der Waals surface area contributed by atoms with Crippen LogP contribution in [-0.2, 0) is 5.88 Å². The van der Waals surface area contributed by atoms with Crippen molar-refractivity contribution >= 4 is 28.6 Å². The van der Waals surface area contributed by atoms with Gasteiger partial charge in [-0.3, -0.25) is 0 Å². The third kappa shape index (κ3) is 2.39. The van der Waals surface area contributed by atoms with Gasteiger partial charge in [0.05, 0.1) is 5.69 Å². The topological polar surface area (TPSA) is 42.2 Å². The molecule has 0 saturated heterocycles. The summed E-state index contributed by atoms with van der Waals surface area (Å²) in [5.41, 5.74) is 3.96. The quantitative estimate of drug-likeness (QED) is 0.742. The number of nitrogens with zero attached hydrogens (tertiary/aromatic N) is 3. The van der Waals surface area contributed by atoms with Crippen LogP contribution in [0.5, 0.6) is 0 Å². The minimum absolute atomic E-state index is 0.499. The van der Waals surface area contributed by atoms with Gasteiger partial charge < -0.3 is 5.32 Å². The van der Waals surface area contributed by atoms with E-state index in [-0.39, 0.29) is 0 Å². The smallest absolute Gasteiger partial charge is 0.156 e. The second-order valence-corrected chi connectivity index (χ2v) is 4.62. The molecule has 0 unspecified atom stereocenters. The maximum absolute atomic E-state index is 5.84. The van der Waals surface area contributed by atoms with Crippen LogP contribution in [0.2, 0.25) is 0 Å². The van der Waals surface area contributed by atoms with Crippen LogP contribution in [0.25, 0.3) is 5.52 Å². The third-order valence-corrected chi connectivity index (χ3v) is 3.16. The van der Waals surface area contributed by atoms with Gasteiger partial charge in [-0.25, -0.2) is 9.50 Å². The van der Waals surface area contributed by atoms with Gasteiger partial charge in [0.25, 0.3) is 0 Å². The average Bonchev–Trinajstić information content (AvgIpc) is 2.80. The Kier molecular flexibility index (Phi) is 3.09. The average molecular weight is 273 g/mol. The Labute approximate surface area is 116 Å². The van der Waals surface area contributed by atoms with Crippen LogP contribution in [0, 0.1) is 6.92 Å². The lowest BCUT2D eigenvalue weighted by Gasteiger charge is -2.07. The Morgan fingerprint density at radius 1 is 1.32 bits per heavy atom. The molecule has 0 aliphatic heterocycles. The van der Waals surface area contributed by atoms with E-state index in [9.17, 15) is 0 Å². The minimum Gasteiger partial charge on any atom is -0.338 e. The fourth-order valence-corrected chi connectivity index (χ4v) is 2.18. The number of nitrogens with one attached hydrogen (secondary N) is 1.